The number of nitrogens with two attached hydrogens (primary N) is 1. The van der Waals surface area contributed by atoms with Gasteiger partial charge in [0, 0.05) is 24.2 Å². The van der Waals surface area contributed by atoms with E-state index in [1.165, 1.54) is 24.8 Å². The van der Waals surface area contributed by atoms with Crippen LogP contribution < -0.4 is 10.5 Å². The summed E-state index contributed by atoms with van der Waals surface area (Å²) in [5.74, 6) is 0.962. The van der Waals surface area contributed by atoms with Gasteiger partial charge in [0.2, 0.25) is 0 Å². The minimum atomic E-state index is 0.00894. The van der Waals surface area contributed by atoms with Crippen LogP contribution in [-0.4, -0.2) is 31.1 Å². The molecular formula is C16H26N2O. The number of para-hydroxylation sites is 1. The second-order valence-electron chi connectivity index (χ2n) is 5.91. The highest BCUT2D eigenvalue weighted by atomic mass is 16.5. The third-order valence-electron chi connectivity index (χ3n) is 4.07. The molecule has 0 atom stereocenters. The fourth-order valence-electron chi connectivity index (χ4n) is 3.13. The smallest absolute Gasteiger partial charge is 0.123 e. The molecule has 2 N–H and O–H groups in total. The zero-order valence-electron chi connectivity index (χ0n) is 12.2. The number of benzene rings is 1. The van der Waals surface area contributed by atoms with Crippen LogP contribution in [0.2, 0.25) is 0 Å². The van der Waals surface area contributed by atoms with Crippen LogP contribution in [0.25, 0.3) is 0 Å². The molecule has 0 heterocycles. The molecule has 1 aliphatic rings. The predicted molar refractivity (Wildman–Crippen MR) is 79.3 cm³/mol. The molecule has 0 bridgehead atoms. The second kappa shape index (κ2) is 6.40. The number of nitrogens with zero attached hydrogens (tertiary/aromatic N) is 1. The number of hydrogen-bond donors (Lipinski definition) is 1. The molecule has 0 amide bonds. The molecule has 1 fully saturated rings. The van der Waals surface area contributed by atoms with E-state index in [0.29, 0.717) is 0 Å². The van der Waals surface area contributed by atoms with Crippen LogP contribution in [0.3, 0.4) is 0 Å². The monoisotopic (exact) mass is 262 g/mol. The zero-order chi connectivity index (χ0) is 13.7. The number of methoxy groups -OCH3 is 1. The summed E-state index contributed by atoms with van der Waals surface area (Å²) in [6.07, 6.45) is 6.21. The highest BCUT2D eigenvalue weighted by Gasteiger charge is 2.28. The summed E-state index contributed by atoms with van der Waals surface area (Å²) in [4.78, 5) is 2.32. The van der Waals surface area contributed by atoms with Crippen LogP contribution in [-0.2, 0) is 6.54 Å². The molecule has 1 aromatic rings. The Balaban J connectivity index is 1.95. The molecule has 0 spiro atoms. The molecule has 0 radical (unpaired) electrons. The Bertz CT molecular complexity index is 399. The molecule has 3 heteroatoms. The van der Waals surface area contributed by atoms with Crippen molar-refractivity contribution in [2.24, 2.45) is 5.73 Å². The third-order valence-corrected chi connectivity index (χ3v) is 4.07. The van der Waals surface area contributed by atoms with Crippen molar-refractivity contribution < 1.29 is 4.74 Å². The first kappa shape index (κ1) is 14.4. The van der Waals surface area contributed by atoms with E-state index in [0.717, 1.165) is 31.7 Å². The van der Waals surface area contributed by atoms with E-state index >= 15 is 0 Å². The summed E-state index contributed by atoms with van der Waals surface area (Å²) in [6, 6.07) is 8.21. The summed E-state index contributed by atoms with van der Waals surface area (Å²) >= 11 is 0. The number of ether oxygens (including phenoxy) is 1. The van der Waals surface area contributed by atoms with Gasteiger partial charge in [-0.25, -0.2) is 0 Å². The topological polar surface area (TPSA) is 38.5 Å². The zero-order valence-corrected chi connectivity index (χ0v) is 12.2. The molecule has 1 saturated carbocycles. The van der Waals surface area contributed by atoms with Crippen molar-refractivity contribution in [3.8, 4) is 5.75 Å². The van der Waals surface area contributed by atoms with E-state index < -0.39 is 0 Å². The van der Waals surface area contributed by atoms with E-state index in [1.807, 2.05) is 12.1 Å². The molecule has 0 saturated heterocycles. The molecule has 106 valence electrons. The molecule has 0 aromatic heterocycles. The molecule has 19 heavy (non-hydrogen) atoms. The lowest BCUT2D eigenvalue weighted by Crippen LogP contribution is -2.50. The van der Waals surface area contributed by atoms with Crippen molar-refractivity contribution in [1.29, 1.82) is 0 Å². The first-order chi connectivity index (χ1) is 9.13. The molecule has 0 aliphatic heterocycles. The maximum atomic E-state index is 6.51. The van der Waals surface area contributed by atoms with Crippen molar-refractivity contribution in [2.45, 2.75) is 44.2 Å². The Morgan fingerprint density at radius 3 is 2.58 bits per heavy atom. The first-order valence-corrected chi connectivity index (χ1v) is 7.22. The van der Waals surface area contributed by atoms with Crippen molar-refractivity contribution in [2.75, 3.05) is 20.7 Å². The largest absolute Gasteiger partial charge is 0.496 e. The highest BCUT2D eigenvalue weighted by molar-refractivity contribution is 5.33. The van der Waals surface area contributed by atoms with Crippen LogP contribution in [0.4, 0.5) is 0 Å². The van der Waals surface area contributed by atoms with Gasteiger partial charge in [0.1, 0.15) is 5.75 Å². The SMILES string of the molecule is COc1ccccc1CN(C)CC1(N)CCCCC1. The van der Waals surface area contributed by atoms with Gasteiger partial charge >= 0.3 is 0 Å². The highest BCUT2D eigenvalue weighted by Crippen LogP contribution is 2.27. The van der Waals surface area contributed by atoms with Crippen molar-refractivity contribution >= 4 is 0 Å². The second-order valence-corrected chi connectivity index (χ2v) is 5.91. The van der Waals surface area contributed by atoms with Crippen LogP contribution in [0.1, 0.15) is 37.7 Å². The van der Waals surface area contributed by atoms with E-state index in [4.69, 9.17) is 10.5 Å². The van der Waals surface area contributed by atoms with Gasteiger partial charge in [-0.1, -0.05) is 37.5 Å². The number of likely N-dealkylation sites (N-methyl/N-ethyl adjacent to an activating group) is 1. The van der Waals surface area contributed by atoms with Gasteiger partial charge in [0.15, 0.2) is 0 Å². The lowest BCUT2D eigenvalue weighted by molar-refractivity contribution is 0.192. The maximum Gasteiger partial charge on any atom is 0.123 e. The van der Waals surface area contributed by atoms with Crippen LogP contribution in [0.5, 0.6) is 5.75 Å². The van der Waals surface area contributed by atoms with Crippen LogP contribution in [0, 0.1) is 0 Å². The third kappa shape index (κ3) is 3.95. The van der Waals surface area contributed by atoms with Gasteiger partial charge in [-0.15, -0.1) is 0 Å². The summed E-state index contributed by atoms with van der Waals surface area (Å²) in [5, 5.41) is 0. The van der Waals surface area contributed by atoms with Crippen molar-refractivity contribution in [3.63, 3.8) is 0 Å². The maximum absolute atomic E-state index is 6.51. The molecule has 0 unspecified atom stereocenters. The summed E-state index contributed by atoms with van der Waals surface area (Å²) in [7, 11) is 3.88. The molecule has 2 rings (SSSR count). The summed E-state index contributed by atoms with van der Waals surface area (Å²) in [6.45, 7) is 1.86. The molecule has 3 nitrogen and oxygen atoms in total. The van der Waals surface area contributed by atoms with E-state index in [2.05, 4.69) is 24.1 Å². The molecule has 1 aliphatic carbocycles. The Labute approximate surface area is 116 Å². The van der Waals surface area contributed by atoms with Crippen molar-refractivity contribution in [3.05, 3.63) is 29.8 Å². The molecule has 1 aromatic carbocycles. The quantitative estimate of drug-likeness (QED) is 0.887. The average Bonchev–Trinajstić information content (AvgIpc) is 2.39. The van der Waals surface area contributed by atoms with Crippen molar-refractivity contribution in [1.82, 2.24) is 4.90 Å². The Hall–Kier alpha value is -1.06. The van der Waals surface area contributed by atoms with Crippen LogP contribution in [0.15, 0.2) is 24.3 Å². The normalized spacial score (nSPS) is 18.5. The lowest BCUT2D eigenvalue weighted by Gasteiger charge is -2.37. The predicted octanol–water partition coefficient (Wildman–Crippen LogP) is 2.79. The molecular weight excluding hydrogens is 236 g/mol. The fourth-order valence-corrected chi connectivity index (χ4v) is 3.13. The van der Waals surface area contributed by atoms with Crippen LogP contribution >= 0.6 is 0 Å². The first-order valence-electron chi connectivity index (χ1n) is 7.22. The number of rotatable bonds is 5. The average molecular weight is 262 g/mol. The Morgan fingerprint density at radius 1 is 1.21 bits per heavy atom. The van der Waals surface area contributed by atoms with E-state index in [-0.39, 0.29) is 5.54 Å². The van der Waals surface area contributed by atoms with Gasteiger partial charge in [0.25, 0.3) is 0 Å². The standard InChI is InChI=1S/C16H26N2O/c1-18(13-16(17)10-6-3-7-11-16)12-14-8-4-5-9-15(14)19-2/h4-5,8-9H,3,6-7,10-13,17H2,1-2H3. The fraction of sp³-hybridized carbons (Fsp3) is 0.625. The minimum Gasteiger partial charge on any atom is -0.496 e. The minimum absolute atomic E-state index is 0.00894. The summed E-state index contributed by atoms with van der Waals surface area (Å²) in [5.41, 5.74) is 7.75. The Kier molecular flexibility index (Phi) is 4.83. The van der Waals surface area contributed by atoms with Gasteiger partial charge in [-0.05, 0) is 26.0 Å². The van der Waals surface area contributed by atoms with Gasteiger partial charge in [-0.2, -0.15) is 0 Å². The van der Waals surface area contributed by atoms with Gasteiger partial charge in [-0.3, -0.25) is 0 Å². The van der Waals surface area contributed by atoms with Gasteiger partial charge in [0.05, 0.1) is 7.11 Å². The van der Waals surface area contributed by atoms with E-state index in [9.17, 15) is 0 Å². The number of hydrogen-bond acceptors (Lipinski definition) is 3. The summed E-state index contributed by atoms with van der Waals surface area (Å²) < 4.78 is 5.40. The van der Waals surface area contributed by atoms with Gasteiger partial charge < -0.3 is 15.4 Å². The lowest BCUT2D eigenvalue weighted by atomic mass is 9.82. The Morgan fingerprint density at radius 2 is 1.89 bits per heavy atom. The van der Waals surface area contributed by atoms with E-state index in [1.54, 1.807) is 7.11 Å².